The van der Waals surface area contributed by atoms with Gasteiger partial charge >= 0.3 is 0 Å². The molecule has 0 aliphatic rings. The Morgan fingerprint density at radius 1 is 0.720 bits per heavy atom. The summed E-state index contributed by atoms with van der Waals surface area (Å²) >= 11 is 0. The number of aromatic nitrogens is 9. The molecule has 0 unspecified atom stereocenters. The second-order valence-corrected chi connectivity index (χ2v) is 4.21. The third-order valence-electron chi connectivity index (χ3n) is 2.48. The Morgan fingerprint density at radius 3 is 2.08 bits per heavy atom. The third-order valence-corrected chi connectivity index (χ3v) is 2.48. The summed E-state index contributed by atoms with van der Waals surface area (Å²) in [6.45, 7) is 0. The summed E-state index contributed by atoms with van der Waals surface area (Å²) in [5.41, 5.74) is 1.59. The summed E-state index contributed by atoms with van der Waals surface area (Å²) in [5.74, 6) is 0. The Labute approximate surface area is 143 Å². The van der Waals surface area contributed by atoms with E-state index >= 15 is 0 Å². The summed E-state index contributed by atoms with van der Waals surface area (Å²) in [5, 5.41) is 6.21. The summed E-state index contributed by atoms with van der Waals surface area (Å²) in [6.07, 6.45) is 16.8. The monoisotopic (exact) mass is 335 g/mol. The molecule has 0 spiro atoms. The molecule has 0 amide bonds. The van der Waals surface area contributed by atoms with E-state index in [-0.39, 0.29) is 0 Å². The molecule has 5 heterocycles. The lowest BCUT2D eigenvalue weighted by Crippen LogP contribution is -1.76. The Morgan fingerprint density at radius 2 is 1.64 bits per heavy atom. The van der Waals surface area contributed by atoms with E-state index in [9.17, 15) is 0 Å². The molecule has 0 atom stereocenters. The smallest absolute Gasteiger partial charge is 0.180 e. The first-order chi connectivity index (χ1) is 12.5. The lowest BCUT2D eigenvalue weighted by molar-refractivity contribution is 1.09. The van der Waals surface area contributed by atoms with Crippen molar-refractivity contribution < 1.29 is 0 Å². The fraction of sp³-hybridized carbons (Fsp3) is 0. The van der Waals surface area contributed by atoms with Crippen LogP contribution in [0.5, 0.6) is 0 Å². The number of hydrogen-bond donors (Lipinski definition) is 3. The summed E-state index contributed by atoms with van der Waals surface area (Å²) < 4.78 is 0. The van der Waals surface area contributed by atoms with Crippen molar-refractivity contribution in [3.05, 3.63) is 86.6 Å². The van der Waals surface area contributed by atoms with Crippen LogP contribution in [-0.2, 0) is 0 Å². The van der Waals surface area contributed by atoms with Gasteiger partial charge in [0.15, 0.2) is 5.65 Å². The maximum atomic E-state index is 3.91. The van der Waals surface area contributed by atoms with Gasteiger partial charge in [-0.05, 0) is 18.2 Å². The van der Waals surface area contributed by atoms with Crippen molar-refractivity contribution in [3.63, 3.8) is 0 Å². The highest BCUT2D eigenvalue weighted by Gasteiger charge is 1.91. The van der Waals surface area contributed by atoms with Crippen molar-refractivity contribution in [1.82, 2.24) is 45.1 Å². The van der Waals surface area contributed by atoms with Crippen LogP contribution in [0.3, 0.4) is 0 Å². The molecule has 0 fully saturated rings. The number of imidazole rings is 2. The number of hydrogen-bond acceptors (Lipinski definition) is 6. The molecular weight excluding hydrogens is 318 g/mol. The fourth-order valence-corrected chi connectivity index (χ4v) is 1.43. The molecule has 9 nitrogen and oxygen atoms in total. The van der Waals surface area contributed by atoms with E-state index in [1.807, 2.05) is 24.3 Å². The molecule has 5 rings (SSSR count). The lowest BCUT2D eigenvalue weighted by Gasteiger charge is -1.80. The van der Waals surface area contributed by atoms with E-state index in [0.717, 1.165) is 5.52 Å². The molecule has 0 saturated heterocycles. The summed E-state index contributed by atoms with van der Waals surface area (Å²) in [4.78, 5) is 24.7. The van der Waals surface area contributed by atoms with Gasteiger partial charge < -0.3 is 9.97 Å². The number of pyridine rings is 1. The van der Waals surface area contributed by atoms with Gasteiger partial charge in [-0.15, -0.1) is 0 Å². The highest BCUT2D eigenvalue weighted by Crippen LogP contribution is 1.99. The Kier molecular flexibility index (Phi) is 8.15. The van der Waals surface area contributed by atoms with Gasteiger partial charge in [-0.1, -0.05) is 6.07 Å². The van der Waals surface area contributed by atoms with Crippen LogP contribution in [0.2, 0.25) is 0 Å². The van der Waals surface area contributed by atoms with Gasteiger partial charge in [-0.25, -0.2) is 19.9 Å². The number of nitrogens with one attached hydrogen (secondary N) is 3. The summed E-state index contributed by atoms with van der Waals surface area (Å²) in [6, 6.07) is 7.55. The molecule has 0 saturated carbocycles. The number of fused-ring (bicyclic) bond motifs is 1. The van der Waals surface area contributed by atoms with Crippen LogP contribution in [0.25, 0.3) is 11.2 Å². The van der Waals surface area contributed by atoms with Crippen molar-refractivity contribution >= 4 is 11.2 Å². The highest BCUT2D eigenvalue weighted by molar-refractivity contribution is 5.67. The van der Waals surface area contributed by atoms with Gasteiger partial charge in [0.25, 0.3) is 0 Å². The molecule has 9 heteroatoms. The molecule has 0 radical (unpaired) electrons. The zero-order chi connectivity index (χ0) is 17.4. The number of aromatic amines is 3. The van der Waals surface area contributed by atoms with E-state index in [4.69, 9.17) is 0 Å². The molecule has 0 aliphatic heterocycles. The second kappa shape index (κ2) is 11.7. The normalized spacial score (nSPS) is 8.80. The lowest BCUT2D eigenvalue weighted by atomic mass is 10.5. The van der Waals surface area contributed by atoms with Crippen molar-refractivity contribution in [3.8, 4) is 0 Å². The largest absolute Gasteiger partial charge is 0.351 e. The molecule has 0 bridgehead atoms. The first kappa shape index (κ1) is 17.5. The quantitative estimate of drug-likeness (QED) is 0.398. The van der Waals surface area contributed by atoms with E-state index in [2.05, 4.69) is 45.1 Å². The first-order valence-corrected chi connectivity index (χ1v) is 7.27. The van der Waals surface area contributed by atoms with E-state index < -0.39 is 0 Å². The van der Waals surface area contributed by atoms with Crippen LogP contribution >= 0.6 is 0 Å². The van der Waals surface area contributed by atoms with Crippen LogP contribution in [0.1, 0.15) is 0 Å². The Bertz CT molecular complexity index is 737. The topological polar surface area (TPSA) is 125 Å². The molecule has 126 valence electrons. The zero-order valence-electron chi connectivity index (χ0n) is 13.3. The van der Waals surface area contributed by atoms with Gasteiger partial charge in [-0.2, -0.15) is 5.10 Å². The molecule has 0 aliphatic carbocycles. The first-order valence-electron chi connectivity index (χ1n) is 7.27. The highest BCUT2D eigenvalue weighted by atomic mass is 15.1. The minimum absolute atomic E-state index is 0.713. The molecule has 5 aromatic rings. The zero-order valence-corrected chi connectivity index (χ0v) is 13.3. The average molecular weight is 335 g/mol. The van der Waals surface area contributed by atoms with Crippen molar-refractivity contribution in [2.24, 2.45) is 0 Å². The van der Waals surface area contributed by atoms with Crippen molar-refractivity contribution in [2.75, 3.05) is 0 Å². The van der Waals surface area contributed by atoms with Crippen molar-refractivity contribution in [1.29, 1.82) is 0 Å². The SMILES string of the molecule is c1c[nH]cn1.c1ccncc1.c1cn[nH]c1.c1ncc2[nH]cnc2n1. The van der Waals surface area contributed by atoms with E-state index in [1.165, 1.54) is 6.33 Å². The van der Waals surface area contributed by atoms with E-state index in [1.54, 1.807) is 56.0 Å². The minimum Gasteiger partial charge on any atom is -0.351 e. The minimum atomic E-state index is 0.713. The number of nitrogens with zero attached hydrogens (tertiary/aromatic N) is 6. The van der Waals surface area contributed by atoms with Gasteiger partial charge in [0.05, 0.1) is 18.9 Å². The molecule has 5 aromatic heterocycles. The van der Waals surface area contributed by atoms with Gasteiger partial charge in [0.1, 0.15) is 11.8 Å². The Hall–Kier alpha value is -3.88. The number of H-pyrrole nitrogens is 3. The predicted octanol–water partition coefficient (Wildman–Crippen LogP) is 2.25. The van der Waals surface area contributed by atoms with Crippen LogP contribution in [0.15, 0.2) is 86.6 Å². The maximum absolute atomic E-state index is 3.91. The van der Waals surface area contributed by atoms with Gasteiger partial charge in [0, 0.05) is 37.2 Å². The second-order valence-electron chi connectivity index (χ2n) is 4.21. The van der Waals surface area contributed by atoms with Gasteiger partial charge in [-0.3, -0.25) is 10.1 Å². The summed E-state index contributed by atoms with van der Waals surface area (Å²) in [7, 11) is 0. The molecular formula is C16H17N9. The van der Waals surface area contributed by atoms with Crippen LogP contribution in [0, 0.1) is 0 Å². The van der Waals surface area contributed by atoms with Crippen LogP contribution in [-0.4, -0.2) is 45.1 Å². The van der Waals surface area contributed by atoms with Crippen molar-refractivity contribution in [2.45, 2.75) is 0 Å². The van der Waals surface area contributed by atoms with Gasteiger partial charge in [0.2, 0.25) is 0 Å². The maximum Gasteiger partial charge on any atom is 0.180 e. The molecule has 25 heavy (non-hydrogen) atoms. The Balaban J connectivity index is 0.000000125. The van der Waals surface area contributed by atoms with Crippen LogP contribution < -0.4 is 0 Å². The molecule has 0 aromatic carbocycles. The standard InChI is InChI=1S/C5H4N4.C5H5N.2C3H4N2/c1-4-5(8-2-6-1)9-3-7-4;1-2-4-6-5-3-1;1-2-5-3-4-1;1-2-4-5-3-1/h1-3H,(H,6,7,8,9);1-5H;2*1-3H,(H,4,5). The third kappa shape index (κ3) is 7.79. The fourth-order valence-electron chi connectivity index (χ4n) is 1.43. The number of rotatable bonds is 0. The average Bonchev–Trinajstić information content (AvgIpc) is 3.49. The van der Waals surface area contributed by atoms with E-state index in [0.29, 0.717) is 5.65 Å². The predicted molar refractivity (Wildman–Crippen MR) is 93.1 cm³/mol. The molecule has 3 N–H and O–H groups in total. The van der Waals surface area contributed by atoms with Crippen LogP contribution in [0.4, 0.5) is 0 Å².